The number of carbonyl (C=O) groups excluding carboxylic acids is 2. The number of amides is 1. The van der Waals surface area contributed by atoms with Crippen LogP contribution in [0.25, 0.3) is 0 Å². The molecule has 0 spiro atoms. The number of nitrogens with one attached hydrogen (secondary N) is 1. The molecule has 1 amide bonds. The van der Waals surface area contributed by atoms with Crippen LogP contribution in [0.2, 0.25) is 5.02 Å². The maximum absolute atomic E-state index is 13.7. The molecule has 0 aromatic heterocycles. The van der Waals surface area contributed by atoms with Crippen LogP contribution in [-0.4, -0.2) is 30.8 Å². The quantitative estimate of drug-likeness (QED) is 0.249. The smallest absolute Gasteiger partial charge is 0.397 e. The molecule has 11 heteroatoms. The molecule has 0 aliphatic carbocycles. The molecule has 3 atom stereocenters. The second-order valence-corrected chi connectivity index (χ2v) is 10.1. The zero-order chi connectivity index (χ0) is 29.1. The molecule has 2 aromatic carbocycles. The van der Waals surface area contributed by atoms with Gasteiger partial charge in [0.2, 0.25) is 5.91 Å². The van der Waals surface area contributed by atoms with E-state index in [-0.39, 0.29) is 34.9 Å². The van der Waals surface area contributed by atoms with E-state index in [2.05, 4.69) is 5.32 Å². The van der Waals surface area contributed by atoms with Gasteiger partial charge in [0.05, 0.1) is 40.5 Å². The third kappa shape index (κ3) is 7.42. The number of hydrogen-bond acceptors (Lipinski definition) is 3. The van der Waals surface area contributed by atoms with E-state index in [0.717, 1.165) is 45.0 Å². The van der Waals surface area contributed by atoms with Crippen molar-refractivity contribution in [1.82, 2.24) is 0 Å². The fourth-order valence-electron chi connectivity index (χ4n) is 3.85. The largest absolute Gasteiger partial charge is 0.466 e. The summed E-state index contributed by atoms with van der Waals surface area (Å²) in [6, 6.07) is 8.89. The first-order chi connectivity index (χ1) is 17.4. The number of hydrogen-bond donors (Lipinski definition) is 1. The summed E-state index contributed by atoms with van der Waals surface area (Å²) in [5.74, 6) is -5.90. The predicted octanol–water partition coefficient (Wildman–Crippen LogP) is 7.84. The van der Waals surface area contributed by atoms with Gasteiger partial charge in [0, 0.05) is 0 Å². The lowest BCUT2D eigenvalue weighted by Gasteiger charge is -2.29. The van der Waals surface area contributed by atoms with Crippen molar-refractivity contribution in [2.45, 2.75) is 64.7 Å². The normalized spacial score (nSPS) is 14.9. The summed E-state index contributed by atoms with van der Waals surface area (Å²) in [4.78, 5) is 25.1. The van der Waals surface area contributed by atoms with Crippen molar-refractivity contribution in [3.05, 3.63) is 64.2 Å². The Morgan fingerprint density at radius 1 is 0.974 bits per heavy atom. The predicted molar refractivity (Wildman–Crippen MR) is 133 cm³/mol. The summed E-state index contributed by atoms with van der Waals surface area (Å²) in [6.45, 7) is 6.28. The number of ether oxygens (including phenoxy) is 1. The lowest BCUT2D eigenvalue weighted by Crippen LogP contribution is -2.36. The maximum atomic E-state index is 13.7. The molecule has 0 saturated heterocycles. The summed E-state index contributed by atoms with van der Waals surface area (Å²) < 4.78 is 86.4. The molecule has 0 bridgehead atoms. The van der Waals surface area contributed by atoms with Gasteiger partial charge in [0.25, 0.3) is 0 Å². The topological polar surface area (TPSA) is 55.4 Å². The van der Waals surface area contributed by atoms with E-state index in [1.54, 1.807) is 19.9 Å². The van der Waals surface area contributed by atoms with Gasteiger partial charge in [-0.05, 0) is 56.0 Å². The lowest BCUT2D eigenvalue weighted by atomic mass is 9.81. The van der Waals surface area contributed by atoms with Gasteiger partial charge in [0.1, 0.15) is 0 Å². The highest BCUT2D eigenvalue weighted by Crippen LogP contribution is 2.42. The Balaban J connectivity index is 2.40. The first kappa shape index (κ1) is 31.5. The average molecular weight is 566 g/mol. The van der Waals surface area contributed by atoms with Crippen molar-refractivity contribution in [2.75, 3.05) is 11.9 Å². The molecule has 3 unspecified atom stereocenters. The first-order valence-electron chi connectivity index (χ1n) is 11.9. The van der Waals surface area contributed by atoms with Crippen molar-refractivity contribution in [3.63, 3.8) is 0 Å². The van der Waals surface area contributed by atoms with Crippen LogP contribution >= 0.6 is 11.6 Å². The average Bonchev–Trinajstić information content (AvgIpc) is 2.80. The van der Waals surface area contributed by atoms with Gasteiger partial charge in [0.15, 0.2) is 0 Å². The molecule has 4 nitrogen and oxygen atoms in total. The Kier molecular flexibility index (Phi) is 9.91. The highest BCUT2D eigenvalue weighted by Gasteiger charge is 2.49. The molecule has 1 N–H and O–H groups in total. The molecular weight excluding hydrogens is 536 g/mol. The Bertz CT molecular complexity index is 1130. The molecule has 0 fully saturated rings. The minimum Gasteiger partial charge on any atom is -0.466 e. The number of rotatable bonds is 9. The number of carbonyl (C=O) groups is 2. The molecule has 210 valence electrons. The molecule has 2 rings (SSSR count). The van der Waals surface area contributed by atoms with Gasteiger partial charge in [-0.25, -0.2) is 0 Å². The third-order valence-corrected chi connectivity index (χ3v) is 6.85. The Labute approximate surface area is 222 Å². The van der Waals surface area contributed by atoms with E-state index in [9.17, 15) is 35.9 Å². The number of halogens is 7. The Morgan fingerprint density at radius 3 is 2.05 bits per heavy atom. The van der Waals surface area contributed by atoms with Crippen LogP contribution in [0, 0.1) is 11.8 Å². The Morgan fingerprint density at radius 2 is 1.55 bits per heavy atom. The van der Waals surface area contributed by atoms with Gasteiger partial charge < -0.3 is 10.1 Å². The summed E-state index contributed by atoms with van der Waals surface area (Å²) >= 11 is 6.19. The van der Waals surface area contributed by atoms with Gasteiger partial charge in [-0.15, -0.1) is 0 Å². The van der Waals surface area contributed by atoms with Crippen molar-refractivity contribution in [2.24, 2.45) is 11.8 Å². The van der Waals surface area contributed by atoms with E-state index in [1.807, 2.05) is 0 Å². The first-order valence-corrected chi connectivity index (χ1v) is 12.3. The summed E-state index contributed by atoms with van der Waals surface area (Å²) in [6.07, 6.45) is -9.12. The SMILES string of the molecule is CCOC(=O)C(C)Cc1ccc(Cl)c(NC(=O)C(c2ccc(C(C)(C)C(F)(F)F)cc2)C(C)C(F)(F)F)c1. The molecular formula is C27H30ClF6NO3. The molecule has 0 saturated carbocycles. The maximum Gasteiger partial charge on any atom is 0.397 e. The molecule has 0 heterocycles. The van der Waals surface area contributed by atoms with Crippen LogP contribution in [0.1, 0.15) is 57.2 Å². The second-order valence-electron chi connectivity index (χ2n) is 9.71. The summed E-state index contributed by atoms with van der Waals surface area (Å²) in [5.41, 5.74) is -1.87. The van der Waals surface area contributed by atoms with Gasteiger partial charge in [-0.2, -0.15) is 26.3 Å². The van der Waals surface area contributed by atoms with Crippen LogP contribution in [0.3, 0.4) is 0 Å². The standard InChI is InChI=1S/C27H30ClF6NO3/c1-6-38-24(37)15(2)13-17-7-12-20(28)21(14-17)35-23(36)22(16(3)26(29,30)31)18-8-10-19(11-9-18)25(4,5)27(32,33)34/h7-12,14-16,22H,6,13H2,1-5H3,(H,35,36). The van der Waals surface area contributed by atoms with Crippen LogP contribution in [0.4, 0.5) is 32.0 Å². The fraction of sp³-hybridized carbons (Fsp3) is 0.481. The van der Waals surface area contributed by atoms with Crippen molar-refractivity contribution >= 4 is 29.2 Å². The summed E-state index contributed by atoms with van der Waals surface area (Å²) in [5, 5.41) is 2.49. The Hall–Kier alpha value is -2.75. The van der Waals surface area contributed by atoms with Gasteiger partial charge in [-0.1, -0.05) is 55.8 Å². The fourth-order valence-corrected chi connectivity index (χ4v) is 4.02. The van der Waals surface area contributed by atoms with Crippen molar-refractivity contribution in [1.29, 1.82) is 0 Å². The van der Waals surface area contributed by atoms with Crippen LogP contribution < -0.4 is 5.32 Å². The summed E-state index contributed by atoms with van der Waals surface area (Å²) in [7, 11) is 0. The van der Waals surface area contributed by atoms with Gasteiger partial charge >= 0.3 is 18.3 Å². The zero-order valence-electron chi connectivity index (χ0n) is 21.6. The van der Waals surface area contributed by atoms with Crippen LogP contribution in [-0.2, 0) is 26.2 Å². The number of alkyl halides is 6. The second kappa shape index (κ2) is 12.0. The lowest BCUT2D eigenvalue weighted by molar-refractivity contribution is -0.180. The van der Waals surface area contributed by atoms with Crippen molar-refractivity contribution in [3.8, 4) is 0 Å². The minimum atomic E-state index is -4.77. The zero-order valence-corrected chi connectivity index (χ0v) is 22.3. The van der Waals surface area contributed by atoms with E-state index < -0.39 is 47.4 Å². The number of esters is 1. The number of benzene rings is 2. The molecule has 2 aromatic rings. The molecule has 38 heavy (non-hydrogen) atoms. The van der Waals surface area contributed by atoms with E-state index in [0.29, 0.717) is 5.56 Å². The number of anilines is 1. The van der Waals surface area contributed by atoms with E-state index in [1.165, 1.54) is 12.1 Å². The highest BCUT2D eigenvalue weighted by atomic mass is 35.5. The monoisotopic (exact) mass is 565 g/mol. The van der Waals surface area contributed by atoms with Crippen LogP contribution in [0.5, 0.6) is 0 Å². The van der Waals surface area contributed by atoms with Gasteiger partial charge in [-0.3, -0.25) is 9.59 Å². The van der Waals surface area contributed by atoms with E-state index >= 15 is 0 Å². The molecule has 0 radical (unpaired) electrons. The third-order valence-electron chi connectivity index (χ3n) is 6.52. The molecule has 0 aliphatic rings. The molecule has 0 aliphatic heterocycles. The van der Waals surface area contributed by atoms with Crippen molar-refractivity contribution < 1.29 is 40.7 Å². The van der Waals surface area contributed by atoms with Crippen LogP contribution in [0.15, 0.2) is 42.5 Å². The highest BCUT2D eigenvalue weighted by molar-refractivity contribution is 6.33. The minimum absolute atomic E-state index is 0.0411. The van der Waals surface area contributed by atoms with E-state index in [4.69, 9.17) is 16.3 Å².